The zero-order valence-electron chi connectivity index (χ0n) is 23.2. The van der Waals surface area contributed by atoms with E-state index >= 15 is 0 Å². The fraction of sp³-hybridized carbons (Fsp3) is 0.375. The molecule has 0 saturated carbocycles. The maximum absolute atomic E-state index is 13.7. The van der Waals surface area contributed by atoms with E-state index in [2.05, 4.69) is 5.32 Å². The summed E-state index contributed by atoms with van der Waals surface area (Å²) in [5.41, 5.74) is 2.70. The average Bonchev–Trinajstić information content (AvgIpc) is 2.89. The second-order valence-corrected chi connectivity index (χ2v) is 10.5. The third-order valence-corrected chi connectivity index (χ3v) is 6.23. The van der Waals surface area contributed by atoms with Gasteiger partial charge in [0.1, 0.15) is 17.5 Å². The Balaban J connectivity index is 1.80. The van der Waals surface area contributed by atoms with E-state index in [4.69, 9.17) is 9.47 Å². The van der Waals surface area contributed by atoms with E-state index in [1.54, 1.807) is 12.0 Å². The van der Waals surface area contributed by atoms with Crippen molar-refractivity contribution in [2.24, 2.45) is 0 Å². The molecular formula is C32H40N2O4. The molecule has 0 heterocycles. The lowest BCUT2D eigenvalue weighted by atomic mass is 9.99. The number of carbonyl (C=O) groups excluding carboxylic acids is 2. The van der Waals surface area contributed by atoms with Gasteiger partial charge in [0.25, 0.3) is 0 Å². The number of rotatable bonds is 12. The first-order valence-electron chi connectivity index (χ1n) is 13.1. The number of methoxy groups -OCH3 is 1. The molecule has 0 aliphatic rings. The highest BCUT2D eigenvalue weighted by atomic mass is 16.5. The largest absolute Gasteiger partial charge is 0.497 e. The molecule has 1 N–H and O–H groups in total. The fourth-order valence-electron chi connectivity index (χ4n) is 4.21. The minimum absolute atomic E-state index is 0.0726. The third-order valence-electron chi connectivity index (χ3n) is 6.23. The molecule has 3 aromatic carbocycles. The van der Waals surface area contributed by atoms with E-state index < -0.39 is 11.6 Å². The van der Waals surface area contributed by atoms with Crippen molar-refractivity contribution in [3.8, 4) is 11.5 Å². The molecule has 3 rings (SSSR count). The van der Waals surface area contributed by atoms with Crippen LogP contribution in [-0.4, -0.2) is 42.0 Å². The van der Waals surface area contributed by atoms with E-state index in [1.807, 2.05) is 107 Å². The summed E-state index contributed by atoms with van der Waals surface area (Å²) in [6.07, 6.45) is 1.24. The minimum atomic E-state index is -0.647. The van der Waals surface area contributed by atoms with Gasteiger partial charge in [-0.2, -0.15) is 0 Å². The normalized spacial score (nSPS) is 11.9. The molecule has 6 heteroatoms. The number of nitrogens with zero attached hydrogens (tertiary/aromatic N) is 1. The van der Waals surface area contributed by atoms with Crippen LogP contribution in [-0.2, 0) is 22.6 Å². The number of benzene rings is 3. The number of nitrogens with one attached hydrogen (secondary N) is 1. The van der Waals surface area contributed by atoms with Crippen LogP contribution in [0.5, 0.6) is 11.5 Å². The Morgan fingerprint density at radius 1 is 0.895 bits per heavy atom. The minimum Gasteiger partial charge on any atom is -0.497 e. The van der Waals surface area contributed by atoms with Gasteiger partial charge in [0.05, 0.1) is 13.7 Å². The van der Waals surface area contributed by atoms with Crippen LogP contribution in [0.1, 0.15) is 50.3 Å². The quantitative estimate of drug-likeness (QED) is 0.313. The highest BCUT2D eigenvalue weighted by Gasteiger charge is 2.32. The molecule has 0 fully saturated rings. The van der Waals surface area contributed by atoms with Gasteiger partial charge in [-0.3, -0.25) is 9.59 Å². The van der Waals surface area contributed by atoms with Crippen molar-refractivity contribution < 1.29 is 19.1 Å². The predicted molar refractivity (Wildman–Crippen MR) is 151 cm³/mol. The van der Waals surface area contributed by atoms with Gasteiger partial charge in [0, 0.05) is 24.9 Å². The number of carbonyl (C=O) groups is 2. The monoisotopic (exact) mass is 516 g/mol. The maximum Gasteiger partial charge on any atom is 0.243 e. The van der Waals surface area contributed by atoms with Crippen LogP contribution >= 0.6 is 0 Å². The first-order chi connectivity index (χ1) is 18.2. The standard InChI is InChI=1S/C32H40N2O4/c1-24-12-9-10-15-26(24)23-34(30(35)16-11-21-38-28-19-17-27(37-5)18-20-28)29(31(36)33-32(2,3)4)22-25-13-7-6-8-14-25/h6-10,12-15,17-20,29H,11,16,21-23H2,1-5H3,(H,33,36). The highest BCUT2D eigenvalue weighted by molar-refractivity contribution is 5.88. The molecule has 0 aliphatic heterocycles. The van der Waals surface area contributed by atoms with Crippen molar-refractivity contribution in [1.29, 1.82) is 0 Å². The number of hydrogen-bond acceptors (Lipinski definition) is 4. The SMILES string of the molecule is COc1ccc(OCCCC(=O)N(Cc2ccccc2C)C(Cc2ccccc2)C(=O)NC(C)(C)C)cc1. The van der Waals surface area contributed by atoms with E-state index in [1.165, 1.54) is 0 Å². The van der Waals surface area contributed by atoms with Crippen molar-refractivity contribution in [1.82, 2.24) is 10.2 Å². The van der Waals surface area contributed by atoms with Crippen LogP contribution in [0.15, 0.2) is 78.9 Å². The van der Waals surface area contributed by atoms with Crippen LogP contribution in [0, 0.1) is 6.92 Å². The first-order valence-corrected chi connectivity index (χ1v) is 13.1. The molecule has 0 aliphatic carbocycles. The molecule has 202 valence electrons. The summed E-state index contributed by atoms with van der Waals surface area (Å²) in [5, 5.41) is 3.11. The summed E-state index contributed by atoms with van der Waals surface area (Å²) in [4.78, 5) is 29.1. The molecular weight excluding hydrogens is 476 g/mol. The number of aryl methyl sites for hydroxylation is 1. The fourth-order valence-corrected chi connectivity index (χ4v) is 4.21. The third kappa shape index (κ3) is 8.94. The zero-order valence-corrected chi connectivity index (χ0v) is 23.2. The number of amides is 2. The summed E-state index contributed by atoms with van der Waals surface area (Å²) < 4.78 is 11.0. The van der Waals surface area contributed by atoms with Crippen molar-refractivity contribution >= 4 is 11.8 Å². The summed E-state index contributed by atoms with van der Waals surface area (Å²) in [6, 6.07) is 24.6. The van der Waals surface area contributed by atoms with Crippen LogP contribution < -0.4 is 14.8 Å². The molecule has 1 unspecified atom stereocenters. The Hall–Kier alpha value is -3.80. The van der Waals surface area contributed by atoms with Crippen molar-refractivity contribution in [3.05, 3.63) is 95.6 Å². The molecule has 2 amide bonds. The number of hydrogen-bond donors (Lipinski definition) is 1. The van der Waals surface area contributed by atoms with Gasteiger partial charge < -0.3 is 19.7 Å². The smallest absolute Gasteiger partial charge is 0.243 e. The van der Waals surface area contributed by atoms with Gasteiger partial charge in [-0.05, 0) is 75.1 Å². The molecule has 0 aromatic heterocycles. The first kappa shape index (κ1) is 28.8. The Morgan fingerprint density at radius 3 is 2.16 bits per heavy atom. The zero-order chi connectivity index (χ0) is 27.5. The van der Waals surface area contributed by atoms with Gasteiger partial charge in [-0.1, -0.05) is 54.6 Å². The van der Waals surface area contributed by atoms with E-state index in [9.17, 15) is 9.59 Å². The van der Waals surface area contributed by atoms with E-state index in [0.29, 0.717) is 26.0 Å². The number of ether oxygens (including phenoxy) is 2. The molecule has 6 nitrogen and oxygen atoms in total. The molecule has 3 aromatic rings. The second-order valence-electron chi connectivity index (χ2n) is 10.5. The molecule has 0 radical (unpaired) electrons. The van der Waals surface area contributed by atoms with Gasteiger partial charge in [0.15, 0.2) is 0 Å². The topological polar surface area (TPSA) is 67.9 Å². The van der Waals surface area contributed by atoms with E-state index in [-0.39, 0.29) is 18.2 Å². The van der Waals surface area contributed by atoms with Gasteiger partial charge in [0.2, 0.25) is 11.8 Å². The van der Waals surface area contributed by atoms with Crippen molar-refractivity contribution in [2.75, 3.05) is 13.7 Å². The maximum atomic E-state index is 13.7. The lowest BCUT2D eigenvalue weighted by molar-refractivity contribution is -0.142. The van der Waals surface area contributed by atoms with Gasteiger partial charge in [-0.25, -0.2) is 0 Å². The Bertz CT molecular complexity index is 1170. The van der Waals surface area contributed by atoms with Gasteiger partial charge >= 0.3 is 0 Å². The van der Waals surface area contributed by atoms with Crippen LogP contribution in [0.4, 0.5) is 0 Å². The Morgan fingerprint density at radius 2 is 1.53 bits per heavy atom. The molecule has 0 spiro atoms. The summed E-state index contributed by atoms with van der Waals surface area (Å²) in [6.45, 7) is 8.65. The Labute approximate surface area is 227 Å². The van der Waals surface area contributed by atoms with Crippen molar-refractivity contribution in [3.63, 3.8) is 0 Å². The van der Waals surface area contributed by atoms with Crippen LogP contribution in [0.3, 0.4) is 0 Å². The van der Waals surface area contributed by atoms with Crippen LogP contribution in [0.2, 0.25) is 0 Å². The van der Waals surface area contributed by atoms with E-state index in [0.717, 1.165) is 28.2 Å². The summed E-state index contributed by atoms with van der Waals surface area (Å²) in [7, 11) is 1.62. The lowest BCUT2D eigenvalue weighted by Crippen LogP contribution is -2.54. The van der Waals surface area contributed by atoms with Gasteiger partial charge in [-0.15, -0.1) is 0 Å². The lowest BCUT2D eigenvalue weighted by Gasteiger charge is -2.34. The van der Waals surface area contributed by atoms with Crippen molar-refractivity contribution in [2.45, 2.75) is 65.1 Å². The summed E-state index contributed by atoms with van der Waals surface area (Å²) in [5.74, 6) is 1.26. The molecule has 0 saturated heterocycles. The molecule has 1 atom stereocenters. The van der Waals surface area contributed by atoms with Crippen LogP contribution in [0.25, 0.3) is 0 Å². The summed E-state index contributed by atoms with van der Waals surface area (Å²) >= 11 is 0. The molecule has 0 bridgehead atoms. The average molecular weight is 517 g/mol. The molecule has 38 heavy (non-hydrogen) atoms. The highest BCUT2D eigenvalue weighted by Crippen LogP contribution is 2.20. The Kier molecular flexibility index (Phi) is 10.3. The predicted octanol–water partition coefficient (Wildman–Crippen LogP) is 5.72. The second kappa shape index (κ2) is 13.7.